The molecule has 2 unspecified atom stereocenters. The van der Waals surface area contributed by atoms with E-state index in [1.165, 1.54) is 0 Å². The molecule has 1 fully saturated rings. The van der Waals surface area contributed by atoms with E-state index < -0.39 is 0 Å². The molecule has 0 amide bonds. The number of ether oxygens (including phenoxy) is 1. The van der Waals surface area contributed by atoms with Crippen LogP contribution in [0.4, 0.5) is 0 Å². The number of hydrogen-bond acceptors (Lipinski definition) is 2. The second-order valence-electron chi connectivity index (χ2n) is 4.84. The van der Waals surface area contributed by atoms with Gasteiger partial charge in [0.2, 0.25) is 0 Å². The molecular weight excluding hydrogens is 176 g/mol. The highest BCUT2D eigenvalue weighted by Gasteiger charge is 2.61. The van der Waals surface area contributed by atoms with Gasteiger partial charge in [0, 0.05) is 0 Å². The summed E-state index contributed by atoms with van der Waals surface area (Å²) >= 11 is 0. The summed E-state index contributed by atoms with van der Waals surface area (Å²) in [5.41, 5.74) is 0.0818. The van der Waals surface area contributed by atoms with Gasteiger partial charge in [-0.3, -0.25) is 4.79 Å². The molecular formula is C12H20O2. The summed E-state index contributed by atoms with van der Waals surface area (Å²) in [5.74, 6) is 0.368. The van der Waals surface area contributed by atoms with Crippen LogP contribution in [0, 0.1) is 17.3 Å². The number of hydrogen-bond donors (Lipinski definition) is 0. The predicted octanol–water partition coefficient (Wildman–Crippen LogP) is 2.79. The van der Waals surface area contributed by atoms with Crippen LogP contribution in [0.3, 0.4) is 0 Å². The smallest absolute Gasteiger partial charge is 0.310 e. The fourth-order valence-electron chi connectivity index (χ4n) is 2.00. The Labute approximate surface area is 86.3 Å². The van der Waals surface area contributed by atoms with Gasteiger partial charge in [0.05, 0.1) is 12.0 Å². The van der Waals surface area contributed by atoms with Crippen LogP contribution in [0.2, 0.25) is 0 Å². The van der Waals surface area contributed by atoms with Gasteiger partial charge in [0.25, 0.3) is 0 Å². The van der Waals surface area contributed by atoms with Crippen LogP contribution in [0.5, 0.6) is 0 Å². The third-order valence-corrected chi connectivity index (χ3v) is 2.92. The van der Waals surface area contributed by atoms with Crippen molar-refractivity contribution in [2.24, 2.45) is 17.3 Å². The molecule has 0 aromatic rings. The molecule has 2 atom stereocenters. The molecule has 1 rings (SSSR count). The van der Waals surface area contributed by atoms with Gasteiger partial charge in [-0.1, -0.05) is 26.0 Å². The maximum Gasteiger partial charge on any atom is 0.310 e. The van der Waals surface area contributed by atoms with Gasteiger partial charge in [-0.05, 0) is 32.1 Å². The van der Waals surface area contributed by atoms with Crippen LogP contribution in [0.15, 0.2) is 12.2 Å². The summed E-state index contributed by atoms with van der Waals surface area (Å²) in [6.45, 7) is 9.99. The Morgan fingerprint density at radius 1 is 1.43 bits per heavy atom. The lowest BCUT2D eigenvalue weighted by atomic mass is 10.1. The fraction of sp³-hybridized carbons (Fsp3) is 0.750. The number of carbonyl (C=O) groups is 1. The summed E-state index contributed by atoms with van der Waals surface area (Å²) in [4.78, 5) is 11.7. The molecule has 1 aliphatic rings. The van der Waals surface area contributed by atoms with Crippen molar-refractivity contribution < 1.29 is 9.53 Å². The average Bonchev–Trinajstić information content (AvgIpc) is 2.52. The summed E-state index contributed by atoms with van der Waals surface area (Å²) in [6, 6.07) is 0. The van der Waals surface area contributed by atoms with Crippen LogP contribution in [-0.4, -0.2) is 12.1 Å². The van der Waals surface area contributed by atoms with Gasteiger partial charge >= 0.3 is 5.97 Å². The molecule has 0 N–H and O–H groups in total. The van der Waals surface area contributed by atoms with E-state index >= 15 is 0 Å². The van der Waals surface area contributed by atoms with Crippen LogP contribution < -0.4 is 0 Å². The Balaban J connectivity index is 2.59. The second-order valence-corrected chi connectivity index (χ2v) is 4.84. The Morgan fingerprint density at radius 3 is 2.43 bits per heavy atom. The van der Waals surface area contributed by atoms with Crippen molar-refractivity contribution in [3.8, 4) is 0 Å². The largest absolute Gasteiger partial charge is 0.463 e. The lowest BCUT2D eigenvalue weighted by molar-refractivity contribution is -0.150. The normalized spacial score (nSPS) is 29.6. The first-order valence-electron chi connectivity index (χ1n) is 5.24. The number of allylic oxidation sites excluding steroid dienone is 2. The highest BCUT2D eigenvalue weighted by atomic mass is 16.5. The first-order valence-corrected chi connectivity index (χ1v) is 5.24. The SMILES string of the molecule is CC=CC1C(C(=O)OC(C)C)C1(C)C. The van der Waals surface area contributed by atoms with Gasteiger partial charge in [-0.25, -0.2) is 0 Å². The molecule has 2 heteroatoms. The van der Waals surface area contributed by atoms with Gasteiger partial charge in [-0.2, -0.15) is 0 Å². The van der Waals surface area contributed by atoms with Gasteiger partial charge in [-0.15, -0.1) is 0 Å². The van der Waals surface area contributed by atoms with E-state index in [1.807, 2.05) is 26.8 Å². The molecule has 0 spiro atoms. The molecule has 0 heterocycles. The van der Waals surface area contributed by atoms with Crippen LogP contribution in [-0.2, 0) is 9.53 Å². The molecule has 0 aromatic carbocycles. The number of carbonyl (C=O) groups excluding carboxylic acids is 1. The van der Waals surface area contributed by atoms with E-state index in [4.69, 9.17) is 4.74 Å². The van der Waals surface area contributed by atoms with Gasteiger partial charge < -0.3 is 4.74 Å². The zero-order valence-corrected chi connectivity index (χ0v) is 9.70. The van der Waals surface area contributed by atoms with E-state index in [0.29, 0.717) is 5.92 Å². The number of rotatable bonds is 3. The monoisotopic (exact) mass is 196 g/mol. The Hall–Kier alpha value is -0.790. The Morgan fingerprint density at radius 2 is 2.00 bits per heavy atom. The molecule has 0 aliphatic heterocycles. The lowest BCUT2D eigenvalue weighted by Gasteiger charge is -2.08. The van der Waals surface area contributed by atoms with Crippen molar-refractivity contribution in [3.63, 3.8) is 0 Å². The van der Waals surface area contributed by atoms with E-state index in [9.17, 15) is 4.79 Å². The summed E-state index contributed by atoms with van der Waals surface area (Å²) in [6.07, 6.45) is 4.10. The van der Waals surface area contributed by atoms with Crippen LogP contribution >= 0.6 is 0 Å². The molecule has 2 nitrogen and oxygen atoms in total. The molecule has 0 bridgehead atoms. The van der Waals surface area contributed by atoms with Crippen molar-refractivity contribution in [2.75, 3.05) is 0 Å². The van der Waals surface area contributed by atoms with Crippen LogP contribution in [0.1, 0.15) is 34.6 Å². The molecule has 1 saturated carbocycles. The van der Waals surface area contributed by atoms with Crippen molar-refractivity contribution >= 4 is 5.97 Å². The third kappa shape index (κ3) is 1.99. The zero-order chi connectivity index (χ0) is 10.9. The maximum atomic E-state index is 11.7. The Kier molecular flexibility index (Phi) is 3.03. The number of esters is 1. The minimum Gasteiger partial charge on any atom is -0.463 e. The topological polar surface area (TPSA) is 26.3 Å². The third-order valence-electron chi connectivity index (χ3n) is 2.92. The van der Waals surface area contributed by atoms with E-state index in [2.05, 4.69) is 19.9 Å². The van der Waals surface area contributed by atoms with Gasteiger partial charge in [0.15, 0.2) is 0 Å². The molecule has 1 aliphatic carbocycles. The molecule has 0 aromatic heterocycles. The first kappa shape index (κ1) is 11.3. The minimum absolute atomic E-state index is 0.00911. The maximum absolute atomic E-state index is 11.7. The molecule has 0 radical (unpaired) electrons. The zero-order valence-electron chi connectivity index (χ0n) is 9.70. The summed E-state index contributed by atoms with van der Waals surface area (Å²) in [5, 5.41) is 0. The van der Waals surface area contributed by atoms with Crippen molar-refractivity contribution in [1.29, 1.82) is 0 Å². The highest BCUT2D eigenvalue weighted by Crippen LogP contribution is 2.59. The van der Waals surface area contributed by atoms with Crippen molar-refractivity contribution in [1.82, 2.24) is 0 Å². The average molecular weight is 196 g/mol. The predicted molar refractivity (Wildman–Crippen MR) is 56.8 cm³/mol. The highest BCUT2D eigenvalue weighted by molar-refractivity contribution is 5.78. The Bertz CT molecular complexity index is 251. The minimum atomic E-state index is -0.0481. The first-order chi connectivity index (χ1) is 6.41. The van der Waals surface area contributed by atoms with E-state index in [1.54, 1.807) is 0 Å². The van der Waals surface area contributed by atoms with Crippen molar-refractivity contribution in [2.45, 2.75) is 40.7 Å². The summed E-state index contributed by atoms with van der Waals surface area (Å²) < 4.78 is 5.21. The second kappa shape index (κ2) is 3.76. The molecule has 14 heavy (non-hydrogen) atoms. The van der Waals surface area contributed by atoms with Crippen molar-refractivity contribution in [3.05, 3.63) is 12.2 Å². The fourth-order valence-corrected chi connectivity index (χ4v) is 2.00. The standard InChI is InChI=1S/C12H20O2/c1-6-7-9-10(12(9,4)5)11(13)14-8(2)3/h6-10H,1-5H3. The molecule has 0 saturated heterocycles. The van der Waals surface area contributed by atoms with Crippen LogP contribution in [0.25, 0.3) is 0 Å². The summed E-state index contributed by atoms with van der Waals surface area (Å²) in [7, 11) is 0. The van der Waals surface area contributed by atoms with E-state index in [-0.39, 0.29) is 23.4 Å². The quantitative estimate of drug-likeness (QED) is 0.512. The van der Waals surface area contributed by atoms with Gasteiger partial charge in [0.1, 0.15) is 0 Å². The lowest BCUT2D eigenvalue weighted by Crippen LogP contribution is -2.15. The molecule has 80 valence electrons. The van der Waals surface area contributed by atoms with E-state index in [0.717, 1.165) is 0 Å².